The van der Waals surface area contributed by atoms with Crippen molar-refractivity contribution >= 4 is 11.8 Å². The topological polar surface area (TPSA) is 62.6 Å². The first-order chi connectivity index (χ1) is 12.2. The minimum absolute atomic E-state index is 0.0412. The van der Waals surface area contributed by atoms with E-state index in [9.17, 15) is 9.59 Å². The Bertz CT molecular complexity index is 633. The largest absolute Gasteiger partial charge is 0.469 e. The van der Waals surface area contributed by atoms with Crippen molar-refractivity contribution in [2.45, 2.75) is 63.8 Å². The number of fused-ring (bicyclic) bond motifs is 1. The Morgan fingerprint density at radius 1 is 1.00 bits per heavy atom. The zero-order valence-corrected chi connectivity index (χ0v) is 14.8. The molecule has 4 rings (SSSR count). The van der Waals surface area contributed by atoms with E-state index in [-0.39, 0.29) is 29.7 Å². The first-order valence-corrected chi connectivity index (χ1v) is 9.89. The fraction of sp³-hybridized carbons (Fsp3) is 0.700. The van der Waals surface area contributed by atoms with Gasteiger partial charge in [-0.2, -0.15) is 0 Å². The van der Waals surface area contributed by atoms with Gasteiger partial charge in [0.2, 0.25) is 11.8 Å². The van der Waals surface area contributed by atoms with Gasteiger partial charge in [-0.3, -0.25) is 9.59 Å². The summed E-state index contributed by atoms with van der Waals surface area (Å²) >= 11 is 0. The molecule has 2 heterocycles. The molecule has 0 spiro atoms. The molecule has 2 fully saturated rings. The summed E-state index contributed by atoms with van der Waals surface area (Å²) in [4.78, 5) is 27.9. The number of hydrogen-bond acceptors (Lipinski definition) is 3. The highest BCUT2D eigenvalue weighted by Gasteiger charge is 2.39. The SMILES string of the molecule is O=C(NC1CCCc2occc21)C1CCCCC1C(=O)N1CCCC1. The number of hydrogen-bond donors (Lipinski definition) is 1. The Balaban J connectivity index is 1.45. The molecular weight excluding hydrogens is 316 g/mol. The number of carbonyl (C=O) groups is 2. The van der Waals surface area contributed by atoms with Crippen LogP contribution in [0, 0.1) is 11.8 Å². The molecule has 0 radical (unpaired) electrons. The van der Waals surface area contributed by atoms with Crippen LogP contribution in [0.15, 0.2) is 16.7 Å². The minimum atomic E-state index is -0.167. The fourth-order valence-electron chi connectivity index (χ4n) is 4.83. The van der Waals surface area contributed by atoms with E-state index in [0.29, 0.717) is 0 Å². The zero-order chi connectivity index (χ0) is 17.2. The average Bonchev–Trinajstić information content (AvgIpc) is 3.33. The molecule has 0 bridgehead atoms. The van der Waals surface area contributed by atoms with Gasteiger partial charge < -0.3 is 14.6 Å². The monoisotopic (exact) mass is 344 g/mol. The quantitative estimate of drug-likeness (QED) is 0.916. The van der Waals surface area contributed by atoms with Gasteiger partial charge in [0.15, 0.2) is 0 Å². The number of likely N-dealkylation sites (tertiary alicyclic amines) is 1. The Kier molecular flexibility index (Phi) is 4.82. The number of furan rings is 1. The second-order valence-corrected chi connectivity index (χ2v) is 7.78. The molecule has 25 heavy (non-hydrogen) atoms. The van der Waals surface area contributed by atoms with Gasteiger partial charge in [-0.15, -0.1) is 0 Å². The van der Waals surface area contributed by atoms with Crippen molar-refractivity contribution in [2.75, 3.05) is 13.1 Å². The molecule has 3 aliphatic rings. The summed E-state index contributed by atoms with van der Waals surface area (Å²) in [6.07, 6.45) is 10.6. The summed E-state index contributed by atoms with van der Waals surface area (Å²) in [7, 11) is 0. The van der Waals surface area contributed by atoms with Crippen LogP contribution in [-0.2, 0) is 16.0 Å². The third-order valence-electron chi connectivity index (χ3n) is 6.21. The second kappa shape index (κ2) is 7.22. The highest BCUT2D eigenvalue weighted by atomic mass is 16.3. The lowest BCUT2D eigenvalue weighted by molar-refractivity contribution is -0.143. The van der Waals surface area contributed by atoms with Crippen LogP contribution in [0.5, 0.6) is 0 Å². The van der Waals surface area contributed by atoms with Crippen LogP contribution in [-0.4, -0.2) is 29.8 Å². The molecule has 5 heteroatoms. The molecule has 1 saturated carbocycles. The van der Waals surface area contributed by atoms with E-state index in [2.05, 4.69) is 5.32 Å². The van der Waals surface area contributed by atoms with Gasteiger partial charge in [0.25, 0.3) is 0 Å². The smallest absolute Gasteiger partial charge is 0.226 e. The van der Waals surface area contributed by atoms with Crippen molar-refractivity contribution in [3.63, 3.8) is 0 Å². The van der Waals surface area contributed by atoms with Crippen molar-refractivity contribution in [1.29, 1.82) is 0 Å². The number of nitrogens with zero attached hydrogens (tertiary/aromatic N) is 1. The van der Waals surface area contributed by atoms with Crippen LogP contribution < -0.4 is 5.32 Å². The maximum Gasteiger partial charge on any atom is 0.226 e. The summed E-state index contributed by atoms with van der Waals surface area (Å²) in [5.74, 6) is 0.990. The van der Waals surface area contributed by atoms with Gasteiger partial charge in [0, 0.05) is 36.9 Å². The van der Waals surface area contributed by atoms with Crippen molar-refractivity contribution < 1.29 is 14.0 Å². The fourth-order valence-corrected chi connectivity index (χ4v) is 4.83. The number of amides is 2. The van der Waals surface area contributed by atoms with Crippen LogP contribution in [0.2, 0.25) is 0 Å². The lowest BCUT2D eigenvalue weighted by Crippen LogP contribution is -2.45. The second-order valence-electron chi connectivity index (χ2n) is 7.78. The van der Waals surface area contributed by atoms with E-state index >= 15 is 0 Å². The molecule has 3 atom stereocenters. The van der Waals surface area contributed by atoms with E-state index in [1.807, 2.05) is 11.0 Å². The highest BCUT2D eigenvalue weighted by molar-refractivity contribution is 5.88. The first kappa shape index (κ1) is 16.7. The summed E-state index contributed by atoms with van der Waals surface area (Å²) in [5.41, 5.74) is 1.12. The normalized spacial score (nSPS) is 29.3. The minimum Gasteiger partial charge on any atom is -0.469 e. The molecule has 0 aromatic carbocycles. The maximum absolute atomic E-state index is 13.0. The van der Waals surface area contributed by atoms with Gasteiger partial charge in [-0.25, -0.2) is 0 Å². The summed E-state index contributed by atoms with van der Waals surface area (Å²) in [6, 6.07) is 2.02. The highest BCUT2D eigenvalue weighted by Crippen LogP contribution is 2.35. The van der Waals surface area contributed by atoms with Crippen molar-refractivity contribution in [3.8, 4) is 0 Å². The van der Waals surface area contributed by atoms with Gasteiger partial charge in [0.05, 0.1) is 12.3 Å². The molecule has 1 aromatic heterocycles. The first-order valence-electron chi connectivity index (χ1n) is 9.89. The molecule has 2 amide bonds. The maximum atomic E-state index is 13.0. The van der Waals surface area contributed by atoms with E-state index in [4.69, 9.17) is 4.42 Å². The Morgan fingerprint density at radius 3 is 2.56 bits per heavy atom. The third-order valence-corrected chi connectivity index (χ3v) is 6.21. The summed E-state index contributed by atoms with van der Waals surface area (Å²) in [6.45, 7) is 1.73. The van der Waals surface area contributed by atoms with E-state index in [1.54, 1.807) is 6.26 Å². The Labute approximate surface area is 149 Å². The number of rotatable bonds is 3. The van der Waals surface area contributed by atoms with E-state index in [0.717, 1.165) is 82.2 Å². The molecule has 1 aromatic rings. The van der Waals surface area contributed by atoms with Gasteiger partial charge >= 0.3 is 0 Å². The summed E-state index contributed by atoms with van der Waals surface area (Å²) in [5, 5.41) is 3.24. The van der Waals surface area contributed by atoms with Gasteiger partial charge in [0.1, 0.15) is 5.76 Å². The van der Waals surface area contributed by atoms with Crippen LogP contribution in [0.4, 0.5) is 0 Å². The molecule has 1 saturated heterocycles. The standard InChI is InChI=1S/C20H28N2O3/c23-19(21-17-8-5-9-18-16(17)10-13-25-18)14-6-1-2-7-15(14)20(24)22-11-3-4-12-22/h10,13-15,17H,1-9,11-12H2,(H,21,23). The van der Waals surface area contributed by atoms with Crippen molar-refractivity contribution in [2.24, 2.45) is 11.8 Å². The molecular formula is C20H28N2O3. The predicted octanol–water partition coefficient (Wildman–Crippen LogP) is 3.20. The zero-order valence-electron chi connectivity index (χ0n) is 14.8. The van der Waals surface area contributed by atoms with Crippen LogP contribution in [0.25, 0.3) is 0 Å². The van der Waals surface area contributed by atoms with Gasteiger partial charge in [-0.1, -0.05) is 12.8 Å². The van der Waals surface area contributed by atoms with E-state index < -0.39 is 0 Å². The molecule has 5 nitrogen and oxygen atoms in total. The number of nitrogens with one attached hydrogen (secondary N) is 1. The third kappa shape index (κ3) is 3.33. The Hall–Kier alpha value is -1.78. The lowest BCUT2D eigenvalue weighted by atomic mass is 9.77. The van der Waals surface area contributed by atoms with E-state index in [1.165, 1.54) is 0 Å². The molecule has 3 unspecified atom stereocenters. The van der Waals surface area contributed by atoms with Crippen LogP contribution in [0.1, 0.15) is 68.7 Å². The van der Waals surface area contributed by atoms with Crippen LogP contribution in [0.3, 0.4) is 0 Å². The van der Waals surface area contributed by atoms with Crippen molar-refractivity contribution in [1.82, 2.24) is 10.2 Å². The predicted molar refractivity (Wildman–Crippen MR) is 93.8 cm³/mol. The average molecular weight is 344 g/mol. The molecule has 2 aliphatic carbocycles. The molecule has 136 valence electrons. The molecule has 1 aliphatic heterocycles. The molecule has 1 N–H and O–H groups in total. The summed E-state index contributed by atoms with van der Waals surface area (Å²) < 4.78 is 5.53. The van der Waals surface area contributed by atoms with Crippen molar-refractivity contribution in [3.05, 3.63) is 23.7 Å². The van der Waals surface area contributed by atoms with Crippen LogP contribution >= 0.6 is 0 Å². The lowest BCUT2D eigenvalue weighted by Gasteiger charge is -2.34. The number of aryl methyl sites for hydroxylation is 1. The number of carbonyl (C=O) groups excluding carboxylic acids is 2. The van der Waals surface area contributed by atoms with Gasteiger partial charge in [-0.05, 0) is 44.6 Å². The Morgan fingerprint density at radius 2 is 1.76 bits per heavy atom.